The van der Waals surface area contributed by atoms with Gasteiger partial charge in [-0.25, -0.2) is 0 Å². The van der Waals surface area contributed by atoms with Gasteiger partial charge < -0.3 is 5.32 Å². The van der Waals surface area contributed by atoms with Gasteiger partial charge in [-0.3, -0.25) is 9.36 Å². The zero-order valence-electron chi connectivity index (χ0n) is 18.6. The summed E-state index contributed by atoms with van der Waals surface area (Å²) in [6.07, 6.45) is 1.80. The summed E-state index contributed by atoms with van der Waals surface area (Å²) in [6.45, 7) is 8.59. The molecule has 2 aromatic carbocycles. The summed E-state index contributed by atoms with van der Waals surface area (Å²) in [5.41, 5.74) is 4.99. The maximum absolute atomic E-state index is 12.6. The molecular formula is C25H22Cl2N4OS2. The first-order valence-electron chi connectivity index (χ1n) is 10.4. The van der Waals surface area contributed by atoms with Crippen LogP contribution in [0.2, 0.25) is 10.0 Å². The van der Waals surface area contributed by atoms with E-state index < -0.39 is 0 Å². The number of nitrogens with one attached hydrogen (secondary N) is 1. The molecule has 0 bridgehead atoms. The van der Waals surface area contributed by atoms with Crippen LogP contribution in [0.25, 0.3) is 22.5 Å². The number of hydrogen-bond acceptors (Lipinski definition) is 5. The summed E-state index contributed by atoms with van der Waals surface area (Å²) in [4.78, 5) is 13.8. The van der Waals surface area contributed by atoms with Crippen molar-refractivity contribution in [3.63, 3.8) is 0 Å². The van der Waals surface area contributed by atoms with Crippen LogP contribution in [0, 0.1) is 13.8 Å². The molecule has 0 saturated heterocycles. The number of carbonyl (C=O) groups is 1. The number of anilines is 1. The number of amides is 1. The monoisotopic (exact) mass is 528 g/mol. The Balaban J connectivity index is 1.58. The van der Waals surface area contributed by atoms with E-state index in [1.54, 1.807) is 35.6 Å². The van der Waals surface area contributed by atoms with Crippen molar-refractivity contribution in [1.29, 1.82) is 0 Å². The molecule has 0 fully saturated rings. The van der Waals surface area contributed by atoms with Gasteiger partial charge in [0.2, 0.25) is 5.91 Å². The van der Waals surface area contributed by atoms with Gasteiger partial charge in [0.25, 0.3) is 0 Å². The van der Waals surface area contributed by atoms with E-state index >= 15 is 0 Å². The molecular weight excluding hydrogens is 507 g/mol. The number of halogens is 2. The van der Waals surface area contributed by atoms with Crippen LogP contribution in [0.3, 0.4) is 0 Å². The number of aryl methyl sites for hydroxylation is 2. The van der Waals surface area contributed by atoms with Gasteiger partial charge in [0.05, 0.1) is 16.5 Å². The van der Waals surface area contributed by atoms with Crippen molar-refractivity contribution in [3.8, 4) is 22.5 Å². The molecule has 1 amide bonds. The van der Waals surface area contributed by atoms with Crippen LogP contribution in [0.1, 0.15) is 10.4 Å². The zero-order chi connectivity index (χ0) is 24.2. The topological polar surface area (TPSA) is 59.8 Å². The van der Waals surface area contributed by atoms with E-state index in [-0.39, 0.29) is 11.7 Å². The molecule has 2 aromatic heterocycles. The molecule has 174 valence electrons. The molecule has 0 saturated carbocycles. The summed E-state index contributed by atoms with van der Waals surface area (Å²) in [5.74, 6) is 0.683. The number of aromatic nitrogens is 3. The van der Waals surface area contributed by atoms with Gasteiger partial charge in [-0.05, 0) is 37.6 Å². The van der Waals surface area contributed by atoms with E-state index in [0.717, 1.165) is 22.5 Å². The highest BCUT2D eigenvalue weighted by Gasteiger charge is 2.21. The third-order valence-electron chi connectivity index (χ3n) is 5.12. The largest absolute Gasteiger partial charge is 0.324 e. The Labute approximate surface area is 216 Å². The number of hydrogen-bond donors (Lipinski definition) is 1. The number of thioether (sulfide) groups is 1. The molecule has 0 unspecified atom stereocenters. The fraction of sp³-hybridized carbons (Fsp3) is 0.160. The van der Waals surface area contributed by atoms with Crippen molar-refractivity contribution in [2.24, 2.45) is 0 Å². The summed E-state index contributed by atoms with van der Waals surface area (Å²) < 4.78 is 1.98. The van der Waals surface area contributed by atoms with E-state index in [1.165, 1.54) is 22.2 Å². The van der Waals surface area contributed by atoms with Crippen LogP contribution in [-0.2, 0) is 11.3 Å². The molecule has 0 aliphatic heterocycles. The third kappa shape index (κ3) is 5.39. The molecule has 0 radical (unpaired) electrons. The molecule has 0 aliphatic carbocycles. The minimum Gasteiger partial charge on any atom is -0.324 e. The number of benzene rings is 2. The second-order valence-electron chi connectivity index (χ2n) is 7.61. The van der Waals surface area contributed by atoms with Crippen LogP contribution >= 0.6 is 46.3 Å². The van der Waals surface area contributed by atoms with Gasteiger partial charge in [-0.15, -0.1) is 28.1 Å². The Bertz CT molecular complexity index is 1350. The molecule has 2 heterocycles. The first kappa shape index (κ1) is 24.5. The zero-order valence-corrected chi connectivity index (χ0v) is 21.8. The highest BCUT2D eigenvalue weighted by molar-refractivity contribution is 7.99. The highest BCUT2D eigenvalue weighted by atomic mass is 35.5. The first-order chi connectivity index (χ1) is 16.4. The minimum atomic E-state index is -0.212. The fourth-order valence-electron chi connectivity index (χ4n) is 3.50. The van der Waals surface area contributed by atoms with Crippen molar-refractivity contribution in [1.82, 2.24) is 14.8 Å². The van der Waals surface area contributed by atoms with Crippen LogP contribution < -0.4 is 5.32 Å². The summed E-state index contributed by atoms with van der Waals surface area (Å²) >= 11 is 15.2. The molecule has 4 aromatic rings. The number of thiophene rings is 1. The van der Waals surface area contributed by atoms with E-state index in [2.05, 4.69) is 65.6 Å². The van der Waals surface area contributed by atoms with Crippen molar-refractivity contribution in [2.75, 3.05) is 11.1 Å². The standard InChI is InChI=1S/C25H22Cl2N4OS2/c1-4-11-31-24(19-13-33-16(3)23(19)17-7-5-15(2)6-8-17)29-30-25(31)34-14-22(32)28-21-12-18(26)9-10-20(21)27/h4-10,12-13H,1,11,14H2,2-3H3,(H,28,32). The first-order valence-corrected chi connectivity index (χ1v) is 13.1. The second-order valence-corrected chi connectivity index (χ2v) is 10.5. The predicted octanol–water partition coefficient (Wildman–Crippen LogP) is 7.51. The summed E-state index contributed by atoms with van der Waals surface area (Å²) in [6, 6.07) is 13.4. The summed E-state index contributed by atoms with van der Waals surface area (Å²) in [5, 5.41) is 15.3. The van der Waals surface area contributed by atoms with E-state index in [4.69, 9.17) is 23.2 Å². The van der Waals surface area contributed by atoms with Crippen molar-refractivity contribution >= 4 is 57.9 Å². The fourth-order valence-corrected chi connectivity index (χ4v) is 5.44. The average molecular weight is 530 g/mol. The Morgan fingerprint density at radius 1 is 1.18 bits per heavy atom. The lowest BCUT2D eigenvalue weighted by molar-refractivity contribution is -0.113. The van der Waals surface area contributed by atoms with Crippen molar-refractivity contribution < 1.29 is 4.79 Å². The smallest absolute Gasteiger partial charge is 0.234 e. The lowest BCUT2D eigenvalue weighted by Crippen LogP contribution is -2.15. The summed E-state index contributed by atoms with van der Waals surface area (Å²) in [7, 11) is 0. The lowest BCUT2D eigenvalue weighted by atomic mass is 10.0. The van der Waals surface area contributed by atoms with Gasteiger partial charge in [-0.1, -0.05) is 70.9 Å². The minimum absolute atomic E-state index is 0.144. The number of allylic oxidation sites excluding steroid dienone is 1. The maximum Gasteiger partial charge on any atom is 0.234 e. The Kier molecular flexibility index (Phi) is 7.78. The SMILES string of the molecule is C=CCn1c(SCC(=O)Nc2cc(Cl)ccc2Cl)nnc1-c1csc(C)c1-c1ccc(C)cc1. The number of carbonyl (C=O) groups excluding carboxylic acids is 1. The van der Waals surface area contributed by atoms with Gasteiger partial charge >= 0.3 is 0 Å². The molecule has 4 rings (SSSR count). The van der Waals surface area contributed by atoms with Crippen molar-refractivity contribution in [2.45, 2.75) is 25.5 Å². The maximum atomic E-state index is 12.6. The van der Waals surface area contributed by atoms with Crippen LogP contribution in [0.4, 0.5) is 5.69 Å². The van der Waals surface area contributed by atoms with E-state index in [0.29, 0.717) is 27.4 Å². The Hall–Kier alpha value is -2.58. The van der Waals surface area contributed by atoms with Gasteiger partial charge in [0, 0.05) is 33.0 Å². The van der Waals surface area contributed by atoms with E-state index in [9.17, 15) is 4.79 Å². The molecule has 1 N–H and O–H groups in total. The predicted molar refractivity (Wildman–Crippen MR) is 144 cm³/mol. The molecule has 0 spiro atoms. The van der Waals surface area contributed by atoms with E-state index in [1.807, 2.05) is 4.57 Å². The average Bonchev–Trinajstić information content (AvgIpc) is 3.38. The van der Waals surface area contributed by atoms with Crippen LogP contribution in [-0.4, -0.2) is 26.4 Å². The van der Waals surface area contributed by atoms with Crippen LogP contribution in [0.5, 0.6) is 0 Å². The second kappa shape index (κ2) is 10.8. The lowest BCUT2D eigenvalue weighted by Gasteiger charge is -2.10. The third-order valence-corrected chi connectivity index (χ3v) is 7.56. The highest BCUT2D eigenvalue weighted by Crippen LogP contribution is 2.39. The van der Waals surface area contributed by atoms with Gasteiger partial charge in [0.15, 0.2) is 11.0 Å². The molecule has 5 nitrogen and oxygen atoms in total. The Morgan fingerprint density at radius 3 is 2.68 bits per heavy atom. The molecule has 0 atom stereocenters. The number of nitrogens with zero attached hydrogens (tertiary/aromatic N) is 3. The van der Waals surface area contributed by atoms with Crippen LogP contribution in [0.15, 0.2) is 65.7 Å². The molecule has 34 heavy (non-hydrogen) atoms. The van der Waals surface area contributed by atoms with Gasteiger partial charge in [0.1, 0.15) is 0 Å². The number of rotatable bonds is 8. The quantitative estimate of drug-likeness (QED) is 0.190. The van der Waals surface area contributed by atoms with Crippen molar-refractivity contribution in [3.05, 3.63) is 81.0 Å². The Morgan fingerprint density at radius 2 is 1.94 bits per heavy atom. The molecule has 9 heteroatoms. The molecule has 0 aliphatic rings. The van der Waals surface area contributed by atoms with Gasteiger partial charge in [-0.2, -0.15) is 0 Å². The normalized spacial score (nSPS) is 10.9.